The summed E-state index contributed by atoms with van der Waals surface area (Å²) in [7, 11) is 0. The van der Waals surface area contributed by atoms with E-state index in [4.69, 9.17) is 28.9 Å². The smallest absolute Gasteiger partial charge is 0.126 e. The molecule has 2 rings (SSSR count). The molecule has 0 saturated carbocycles. The highest BCUT2D eigenvalue weighted by Crippen LogP contribution is 2.36. The fraction of sp³-hybridized carbons (Fsp3) is 0.100. The van der Waals surface area contributed by atoms with Crippen LogP contribution >= 0.6 is 50.5 Å². The molecule has 0 radical (unpaired) electrons. The molecule has 0 aliphatic heterocycles. The standard InChI is InChI=1S/C10H7BrCl2N2S/c11-9-8(4-14)15-10(16-9)6-2-1-5(12)3-7(6)13/h1-3H,4,14H2. The summed E-state index contributed by atoms with van der Waals surface area (Å²) in [6.07, 6.45) is 0. The van der Waals surface area contributed by atoms with E-state index in [9.17, 15) is 0 Å². The largest absolute Gasteiger partial charge is 0.325 e. The zero-order valence-electron chi connectivity index (χ0n) is 8.01. The number of rotatable bonds is 2. The molecule has 0 amide bonds. The average Bonchev–Trinajstić information content (AvgIpc) is 2.59. The SMILES string of the molecule is NCc1nc(-c2ccc(Cl)cc2Cl)sc1Br. The number of nitrogens with zero attached hydrogens (tertiary/aromatic N) is 1. The molecule has 6 heteroatoms. The molecule has 1 aromatic heterocycles. The monoisotopic (exact) mass is 336 g/mol. The average molecular weight is 338 g/mol. The highest BCUT2D eigenvalue weighted by molar-refractivity contribution is 9.11. The lowest BCUT2D eigenvalue weighted by Gasteiger charge is -2.00. The van der Waals surface area contributed by atoms with Crippen molar-refractivity contribution >= 4 is 50.5 Å². The summed E-state index contributed by atoms with van der Waals surface area (Å²) in [5.74, 6) is 0. The maximum Gasteiger partial charge on any atom is 0.126 e. The lowest BCUT2D eigenvalue weighted by Crippen LogP contribution is -1.96. The first-order valence-corrected chi connectivity index (χ1v) is 6.79. The third kappa shape index (κ3) is 2.41. The Balaban J connectivity index is 2.50. The predicted molar refractivity (Wildman–Crippen MR) is 73.2 cm³/mol. The maximum atomic E-state index is 6.10. The molecule has 1 aromatic carbocycles. The van der Waals surface area contributed by atoms with E-state index in [0.29, 0.717) is 16.6 Å². The summed E-state index contributed by atoms with van der Waals surface area (Å²) < 4.78 is 0.941. The van der Waals surface area contributed by atoms with Crippen molar-refractivity contribution in [3.63, 3.8) is 0 Å². The van der Waals surface area contributed by atoms with Crippen LogP contribution < -0.4 is 5.73 Å². The third-order valence-electron chi connectivity index (χ3n) is 2.00. The van der Waals surface area contributed by atoms with Gasteiger partial charge < -0.3 is 5.73 Å². The van der Waals surface area contributed by atoms with Crippen molar-refractivity contribution in [1.29, 1.82) is 0 Å². The van der Waals surface area contributed by atoms with Gasteiger partial charge in [0, 0.05) is 17.1 Å². The van der Waals surface area contributed by atoms with Crippen LogP contribution in [0.4, 0.5) is 0 Å². The molecule has 0 bridgehead atoms. The van der Waals surface area contributed by atoms with Crippen LogP contribution in [0, 0.1) is 0 Å². The second-order valence-electron chi connectivity index (χ2n) is 3.07. The number of thiazole rings is 1. The first kappa shape index (κ1) is 12.3. The molecule has 2 aromatic rings. The zero-order valence-corrected chi connectivity index (χ0v) is 11.9. The van der Waals surface area contributed by atoms with Crippen molar-refractivity contribution in [3.8, 4) is 10.6 Å². The fourth-order valence-electron chi connectivity index (χ4n) is 1.24. The summed E-state index contributed by atoms with van der Waals surface area (Å²) in [5.41, 5.74) is 7.27. The van der Waals surface area contributed by atoms with Crippen LogP contribution in [0.2, 0.25) is 10.0 Å². The van der Waals surface area contributed by atoms with Gasteiger partial charge in [0.2, 0.25) is 0 Å². The molecule has 0 unspecified atom stereocenters. The summed E-state index contributed by atoms with van der Waals surface area (Å²) in [6.45, 7) is 0.405. The molecular formula is C10H7BrCl2N2S. The molecule has 0 spiro atoms. The van der Waals surface area contributed by atoms with Crippen molar-refractivity contribution in [2.75, 3.05) is 0 Å². The van der Waals surface area contributed by atoms with E-state index in [1.54, 1.807) is 12.1 Å². The highest BCUT2D eigenvalue weighted by Gasteiger charge is 2.12. The third-order valence-corrected chi connectivity index (χ3v) is 4.42. The maximum absolute atomic E-state index is 6.10. The molecule has 0 aliphatic carbocycles. The molecule has 2 N–H and O–H groups in total. The van der Waals surface area contributed by atoms with Gasteiger partial charge in [0.05, 0.1) is 14.5 Å². The lowest BCUT2D eigenvalue weighted by molar-refractivity contribution is 1.01. The lowest BCUT2D eigenvalue weighted by atomic mass is 10.2. The molecular weight excluding hydrogens is 331 g/mol. The van der Waals surface area contributed by atoms with Gasteiger partial charge in [-0.1, -0.05) is 23.2 Å². The van der Waals surface area contributed by atoms with E-state index in [0.717, 1.165) is 20.1 Å². The number of halogens is 3. The van der Waals surface area contributed by atoms with Crippen LogP contribution in [0.1, 0.15) is 5.69 Å². The number of hydrogen-bond donors (Lipinski definition) is 1. The second kappa shape index (κ2) is 5.02. The van der Waals surface area contributed by atoms with E-state index in [1.165, 1.54) is 11.3 Å². The topological polar surface area (TPSA) is 38.9 Å². The Morgan fingerprint density at radius 3 is 2.69 bits per heavy atom. The predicted octanol–water partition coefficient (Wildman–Crippen LogP) is 4.34. The summed E-state index contributed by atoms with van der Waals surface area (Å²) in [4.78, 5) is 4.41. The van der Waals surface area contributed by atoms with Crippen LogP contribution in [0.25, 0.3) is 10.6 Å². The minimum atomic E-state index is 0.405. The first-order valence-electron chi connectivity index (χ1n) is 4.42. The number of nitrogens with two attached hydrogens (primary N) is 1. The number of aromatic nitrogens is 1. The Kier molecular flexibility index (Phi) is 3.87. The van der Waals surface area contributed by atoms with E-state index in [1.807, 2.05) is 6.07 Å². The molecule has 0 saturated heterocycles. The van der Waals surface area contributed by atoms with Crippen molar-refractivity contribution in [3.05, 3.63) is 37.7 Å². The van der Waals surface area contributed by atoms with Gasteiger partial charge in [-0.2, -0.15) is 0 Å². The van der Waals surface area contributed by atoms with E-state index in [-0.39, 0.29) is 0 Å². The van der Waals surface area contributed by atoms with Crippen molar-refractivity contribution < 1.29 is 0 Å². The van der Waals surface area contributed by atoms with Crippen LogP contribution in [0.15, 0.2) is 22.0 Å². The summed E-state index contributed by atoms with van der Waals surface area (Å²) in [5, 5.41) is 2.05. The Labute approximate surface area is 116 Å². The van der Waals surface area contributed by atoms with Crippen LogP contribution in [-0.2, 0) is 6.54 Å². The number of hydrogen-bond acceptors (Lipinski definition) is 3. The van der Waals surface area contributed by atoms with Gasteiger partial charge in [0.25, 0.3) is 0 Å². The van der Waals surface area contributed by atoms with Crippen molar-refractivity contribution in [2.24, 2.45) is 5.73 Å². The van der Waals surface area contributed by atoms with Crippen LogP contribution in [0.3, 0.4) is 0 Å². The first-order chi connectivity index (χ1) is 7.61. The molecule has 84 valence electrons. The summed E-state index contributed by atoms with van der Waals surface area (Å²) >= 11 is 16.9. The van der Waals surface area contributed by atoms with Gasteiger partial charge in [-0.05, 0) is 34.1 Å². The fourth-order valence-corrected chi connectivity index (χ4v) is 3.36. The minimum Gasteiger partial charge on any atom is -0.325 e. The van der Waals surface area contributed by atoms with Gasteiger partial charge in [0.1, 0.15) is 5.01 Å². The Bertz CT molecular complexity index is 528. The molecule has 1 heterocycles. The zero-order chi connectivity index (χ0) is 11.7. The number of benzene rings is 1. The Morgan fingerprint density at radius 1 is 1.38 bits per heavy atom. The van der Waals surface area contributed by atoms with Crippen LogP contribution in [0.5, 0.6) is 0 Å². The van der Waals surface area contributed by atoms with Gasteiger partial charge in [-0.3, -0.25) is 0 Å². The Hall–Kier alpha value is -0.130. The second-order valence-corrected chi connectivity index (χ2v) is 6.23. The molecule has 0 aliphatic rings. The minimum absolute atomic E-state index is 0.405. The van der Waals surface area contributed by atoms with E-state index >= 15 is 0 Å². The van der Waals surface area contributed by atoms with Crippen molar-refractivity contribution in [1.82, 2.24) is 4.98 Å². The van der Waals surface area contributed by atoms with Crippen LogP contribution in [-0.4, -0.2) is 4.98 Å². The molecule has 0 fully saturated rings. The highest BCUT2D eigenvalue weighted by atomic mass is 79.9. The normalized spacial score (nSPS) is 10.8. The summed E-state index contributed by atoms with van der Waals surface area (Å²) in [6, 6.07) is 5.35. The van der Waals surface area contributed by atoms with Crippen molar-refractivity contribution in [2.45, 2.75) is 6.54 Å². The Morgan fingerprint density at radius 2 is 2.12 bits per heavy atom. The molecule has 2 nitrogen and oxygen atoms in total. The van der Waals surface area contributed by atoms with Gasteiger partial charge in [0.15, 0.2) is 0 Å². The molecule has 16 heavy (non-hydrogen) atoms. The molecule has 0 atom stereocenters. The van der Waals surface area contributed by atoms with Gasteiger partial charge in [-0.25, -0.2) is 4.98 Å². The quantitative estimate of drug-likeness (QED) is 0.885. The van der Waals surface area contributed by atoms with E-state index in [2.05, 4.69) is 20.9 Å². The van der Waals surface area contributed by atoms with Gasteiger partial charge in [-0.15, -0.1) is 11.3 Å². The van der Waals surface area contributed by atoms with Gasteiger partial charge >= 0.3 is 0 Å². The van der Waals surface area contributed by atoms with E-state index < -0.39 is 0 Å².